The molecule has 2 aliphatic rings. The Hall–Kier alpha value is -4.22. The molecule has 0 aromatic rings. The molecule has 2 heterocycles. The number of carbonyl (C=O) groups is 8. The summed E-state index contributed by atoms with van der Waals surface area (Å²) in [6.45, 7) is 7.29. The van der Waals surface area contributed by atoms with Gasteiger partial charge in [0.15, 0.2) is 0 Å². The number of rotatable bonds is 11. The van der Waals surface area contributed by atoms with Crippen LogP contribution in [-0.2, 0) is 47.4 Å². The van der Waals surface area contributed by atoms with Crippen molar-refractivity contribution in [1.82, 2.24) is 36.8 Å². The quantitative estimate of drug-likeness (QED) is 0.102. The Morgan fingerprint density at radius 1 is 1.00 bits per heavy atom. The summed E-state index contributed by atoms with van der Waals surface area (Å²) in [5, 5.41) is 25.1. The van der Waals surface area contributed by atoms with Gasteiger partial charge in [-0.05, 0) is 51.4 Å². The maximum absolute atomic E-state index is 13.7. The molecular formula is C31H51N8O11P. The first-order valence-corrected chi connectivity index (χ1v) is 17.7. The minimum atomic E-state index is -1.69. The van der Waals surface area contributed by atoms with Gasteiger partial charge in [-0.1, -0.05) is 20.8 Å². The van der Waals surface area contributed by atoms with Gasteiger partial charge in [0.05, 0.1) is 12.7 Å². The number of hydrogen-bond donors (Lipinski definition) is 8. The monoisotopic (exact) mass is 742 g/mol. The first kappa shape index (κ1) is 42.9. The normalized spacial score (nSPS) is 26.9. The molecule has 2 saturated heterocycles. The molecule has 8 atom stereocenters. The molecule has 0 unspecified atom stereocenters. The topological polar surface area (TPSA) is 285 Å². The van der Waals surface area contributed by atoms with Crippen molar-refractivity contribution < 1.29 is 52.6 Å². The second kappa shape index (κ2) is 20.6. The maximum Gasteiger partial charge on any atom is 0.327 e. The molecular weight excluding hydrogens is 691 g/mol. The fraction of sp³-hybridized carbons (Fsp3) is 0.742. The second-order valence-electron chi connectivity index (χ2n) is 13.3. The lowest BCUT2D eigenvalue weighted by molar-refractivity contribution is -0.139. The largest absolute Gasteiger partial charge is 0.394 e. The molecule has 0 radical (unpaired) electrons. The van der Waals surface area contributed by atoms with Crippen LogP contribution in [0.5, 0.6) is 0 Å². The summed E-state index contributed by atoms with van der Waals surface area (Å²) in [6, 6.07) is -7.84. The van der Waals surface area contributed by atoms with Crippen LogP contribution in [0.1, 0.15) is 73.1 Å². The summed E-state index contributed by atoms with van der Waals surface area (Å²) in [5.74, 6) is -6.94. The van der Waals surface area contributed by atoms with E-state index in [1.165, 1.54) is 25.7 Å². The number of nitrogens with two attached hydrogens (primary N) is 1. The molecule has 8 amide bonds. The summed E-state index contributed by atoms with van der Waals surface area (Å²) in [5.41, 5.74) is 5.46. The molecule has 0 bridgehead atoms. The number of likely N-dealkylation sites (tertiary alicyclic amines) is 1. The van der Waals surface area contributed by atoms with Crippen molar-refractivity contribution in [3.63, 3.8) is 0 Å². The minimum Gasteiger partial charge on any atom is -0.394 e. The molecule has 19 nitrogen and oxygen atoms in total. The fourth-order valence-electron chi connectivity index (χ4n) is 5.84. The Morgan fingerprint density at radius 3 is 2.27 bits per heavy atom. The summed E-state index contributed by atoms with van der Waals surface area (Å²) in [6.07, 6.45) is -0.135. The standard InChI is InChI=1S/C31H51N8O11P/c1-15(2)12-20(36-30(47)23-9-7-11-39(23)18(5)41)27(44)35-21-13-16(3)26(43)33-10-6-8-19(25(32)42)34-31(48)24(17(4)50-51-49)38-29(46)22(14-40)37-28(21)45/h15-17,19-24,40H,6-14H2,1-5H3,(H2,32,42)(H,33,43)(H,34,48)(H,35,44)(H,36,47)(H,37,45)(H,38,46)/t16-,17+,19-,20-,21-,22-,23-,24-/m0/s1. The van der Waals surface area contributed by atoms with E-state index in [2.05, 4.69) is 31.9 Å². The van der Waals surface area contributed by atoms with Gasteiger partial charge in [0.25, 0.3) is 0 Å². The molecule has 0 aliphatic carbocycles. The van der Waals surface area contributed by atoms with E-state index in [9.17, 15) is 48.0 Å². The van der Waals surface area contributed by atoms with Crippen molar-refractivity contribution in [2.75, 3.05) is 19.7 Å². The van der Waals surface area contributed by atoms with Crippen molar-refractivity contribution in [2.45, 2.75) is 115 Å². The molecule has 2 aliphatic heterocycles. The van der Waals surface area contributed by atoms with Crippen molar-refractivity contribution in [3.05, 3.63) is 0 Å². The number of aliphatic hydroxyl groups excluding tert-OH is 1. The zero-order chi connectivity index (χ0) is 38.4. The highest BCUT2D eigenvalue weighted by molar-refractivity contribution is 7.17. The molecule has 0 saturated carbocycles. The van der Waals surface area contributed by atoms with Gasteiger partial charge in [0.1, 0.15) is 36.3 Å². The van der Waals surface area contributed by atoms with E-state index in [1.54, 1.807) is 0 Å². The maximum atomic E-state index is 13.7. The van der Waals surface area contributed by atoms with Crippen LogP contribution < -0.4 is 37.6 Å². The average Bonchev–Trinajstić information content (AvgIpc) is 3.56. The Bertz CT molecular complexity index is 1320. The predicted molar refractivity (Wildman–Crippen MR) is 180 cm³/mol. The van der Waals surface area contributed by atoms with Crippen LogP contribution >= 0.6 is 8.69 Å². The predicted octanol–water partition coefficient (Wildman–Crippen LogP) is -2.51. The first-order valence-electron chi connectivity index (χ1n) is 17.0. The van der Waals surface area contributed by atoms with E-state index < -0.39 is 105 Å². The van der Waals surface area contributed by atoms with Gasteiger partial charge in [0.2, 0.25) is 47.3 Å². The summed E-state index contributed by atoms with van der Waals surface area (Å²) < 4.78 is 16.1. The second-order valence-corrected chi connectivity index (χ2v) is 13.6. The SMILES string of the molecule is CC(=O)N1CCC[C@H]1C(=O)N[C@@H](CC(C)C)C(=O)N[C@H]1C[C@H](C)C(=O)NCCC[C@@H](C(N)=O)NC(=O)[C@H]([C@@H](C)OP=O)NC(=O)[C@H](CO)NC1=O. The molecule has 51 heavy (non-hydrogen) atoms. The van der Waals surface area contributed by atoms with E-state index in [4.69, 9.17) is 10.3 Å². The third-order valence-electron chi connectivity index (χ3n) is 8.67. The first-order chi connectivity index (χ1) is 24.0. The molecule has 0 aromatic heterocycles. The van der Waals surface area contributed by atoms with Crippen LogP contribution in [0, 0.1) is 11.8 Å². The smallest absolute Gasteiger partial charge is 0.327 e. The zero-order valence-electron chi connectivity index (χ0n) is 29.6. The number of aliphatic hydroxyl groups is 1. The van der Waals surface area contributed by atoms with E-state index in [1.807, 2.05) is 13.8 Å². The number of nitrogens with one attached hydrogen (secondary N) is 6. The lowest BCUT2D eigenvalue weighted by Crippen LogP contribution is -2.62. The van der Waals surface area contributed by atoms with Gasteiger partial charge in [-0.2, -0.15) is 0 Å². The number of carbonyl (C=O) groups excluding carboxylic acids is 8. The fourth-order valence-corrected chi connectivity index (χ4v) is 6.09. The van der Waals surface area contributed by atoms with Gasteiger partial charge in [-0.15, -0.1) is 0 Å². The number of hydrogen-bond acceptors (Lipinski definition) is 11. The van der Waals surface area contributed by atoms with Crippen LogP contribution in [0.25, 0.3) is 0 Å². The molecule has 2 fully saturated rings. The highest BCUT2D eigenvalue weighted by Gasteiger charge is 2.38. The van der Waals surface area contributed by atoms with Gasteiger partial charge in [-0.3, -0.25) is 42.9 Å². The Morgan fingerprint density at radius 2 is 1.69 bits per heavy atom. The molecule has 2 rings (SSSR count). The molecule has 286 valence electrons. The summed E-state index contributed by atoms with van der Waals surface area (Å²) >= 11 is 0. The van der Waals surface area contributed by atoms with Crippen LogP contribution in [0.3, 0.4) is 0 Å². The molecule has 0 aromatic carbocycles. The molecule has 20 heteroatoms. The van der Waals surface area contributed by atoms with Crippen molar-refractivity contribution >= 4 is 55.9 Å². The highest BCUT2D eigenvalue weighted by atomic mass is 31.1. The Labute approximate surface area is 297 Å². The third kappa shape index (κ3) is 13.1. The van der Waals surface area contributed by atoms with Crippen molar-refractivity contribution in [1.29, 1.82) is 0 Å². The van der Waals surface area contributed by atoms with Gasteiger partial charge in [-0.25, -0.2) is 4.57 Å². The Balaban J connectivity index is 2.42. The van der Waals surface area contributed by atoms with E-state index in [0.29, 0.717) is 19.4 Å². The molecule has 9 N–H and O–H groups in total. The van der Waals surface area contributed by atoms with E-state index in [0.717, 1.165) is 0 Å². The summed E-state index contributed by atoms with van der Waals surface area (Å²) in [7, 11) is -0.827. The lowest BCUT2D eigenvalue weighted by Gasteiger charge is -2.29. The van der Waals surface area contributed by atoms with Gasteiger partial charge < -0.3 is 47.6 Å². The Kier molecular flexibility index (Phi) is 17.3. The number of primary amides is 1. The number of amides is 8. The summed E-state index contributed by atoms with van der Waals surface area (Å²) in [4.78, 5) is 106. The van der Waals surface area contributed by atoms with Crippen molar-refractivity contribution in [2.24, 2.45) is 17.6 Å². The highest BCUT2D eigenvalue weighted by Crippen LogP contribution is 2.19. The lowest BCUT2D eigenvalue weighted by atomic mass is 9.98. The van der Waals surface area contributed by atoms with Crippen molar-refractivity contribution in [3.8, 4) is 0 Å². The van der Waals surface area contributed by atoms with Crippen LogP contribution in [0.15, 0.2) is 0 Å². The van der Waals surface area contributed by atoms with E-state index >= 15 is 0 Å². The van der Waals surface area contributed by atoms with Crippen LogP contribution in [0.2, 0.25) is 0 Å². The minimum absolute atomic E-state index is 0.00255. The third-order valence-corrected chi connectivity index (χ3v) is 9.09. The van der Waals surface area contributed by atoms with Gasteiger partial charge >= 0.3 is 8.69 Å². The van der Waals surface area contributed by atoms with E-state index in [-0.39, 0.29) is 44.1 Å². The molecule has 0 spiro atoms. The van der Waals surface area contributed by atoms with Crippen LogP contribution in [-0.4, -0.2) is 119 Å². The number of nitrogens with zero attached hydrogens (tertiary/aromatic N) is 1. The average molecular weight is 743 g/mol. The van der Waals surface area contributed by atoms with Gasteiger partial charge in [0, 0.05) is 25.9 Å². The van der Waals surface area contributed by atoms with Crippen LogP contribution in [0.4, 0.5) is 0 Å². The zero-order valence-corrected chi connectivity index (χ0v) is 30.5.